The maximum atomic E-state index is 12.3. The monoisotopic (exact) mass is 280 g/mol. The van der Waals surface area contributed by atoms with Gasteiger partial charge in [-0.05, 0) is 38.5 Å². The fraction of sp³-hybridized carbons (Fsp3) is 0.875. The van der Waals surface area contributed by atoms with Crippen molar-refractivity contribution in [2.75, 3.05) is 6.61 Å². The summed E-state index contributed by atoms with van der Waals surface area (Å²) >= 11 is 0. The maximum Gasteiger partial charge on any atom is 0.311 e. The Labute approximate surface area is 120 Å². The molecule has 112 valence electrons. The number of carbonyl (C=O) groups is 2. The highest BCUT2D eigenvalue weighted by molar-refractivity contribution is 5.77. The van der Waals surface area contributed by atoms with E-state index in [2.05, 4.69) is 6.92 Å². The van der Waals surface area contributed by atoms with Crippen LogP contribution in [0.5, 0.6) is 0 Å². The van der Waals surface area contributed by atoms with Gasteiger partial charge in [0.1, 0.15) is 6.10 Å². The molecule has 0 aromatic heterocycles. The number of hydrogen-bond acceptors (Lipinski definition) is 4. The summed E-state index contributed by atoms with van der Waals surface area (Å²) < 4.78 is 11.1. The lowest BCUT2D eigenvalue weighted by Crippen LogP contribution is -2.42. The van der Waals surface area contributed by atoms with E-state index in [9.17, 15) is 9.59 Å². The van der Waals surface area contributed by atoms with E-state index >= 15 is 0 Å². The summed E-state index contributed by atoms with van der Waals surface area (Å²) in [6, 6.07) is 0. The van der Waals surface area contributed by atoms with Gasteiger partial charge in [0.15, 0.2) is 0 Å². The van der Waals surface area contributed by atoms with Crippen LogP contribution in [0.2, 0.25) is 0 Å². The van der Waals surface area contributed by atoms with E-state index in [1.54, 1.807) is 0 Å². The molecule has 6 atom stereocenters. The minimum absolute atomic E-state index is 0.0333. The zero-order chi connectivity index (χ0) is 14.7. The van der Waals surface area contributed by atoms with Crippen LogP contribution in [0.15, 0.2) is 0 Å². The topological polar surface area (TPSA) is 52.6 Å². The molecule has 4 nitrogen and oxygen atoms in total. The van der Waals surface area contributed by atoms with E-state index in [1.807, 2.05) is 20.8 Å². The van der Waals surface area contributed by atoms with Gasteiger partial charge in [0.2, 0.25) is 0 Å². The fourth-order valence-electron chi connectivity index (χ4n) is 4.25. The molecule has 2 saturated carbocycles. The molecule has 1 saturated heterocycles. The molecule has 2 aliphatic carbocycles. The number of esters is 2. The van der Waals surface area contributed by atoms with Gasteiger partial charge >= 0.3 is 11.9 Å². The molecule has 20 heavy (non-hydrogen) atoms. The van der Waals surface area contributed by atoms with Crippen molar-refractivity contribution in [2.45, 2.75) is 46.6 Å². The van der Waals surface area contributed by atoms with Crippen LogP contribution < -0.4 is 0 Å². The fourth-order valence-corrected chi connectivity index (χ4v) is 4.25. The van der Waals surface area contributed by atoms with Gasteiger partial charge in [-0.1, -0.05) is 13.8 Å². The van der Waals surface area contributed by atoms with Crippen LogP contribution in [-0.4, -0.2) is 24.6 Å². The highest BCUT2D eigenvalue weighted by Gasteiger charge is 2.63. The smallest absolute Gasteiger partial charge is 0.311 e. The van der Waals surface area contributed by atoms with Crippen LogP contribution in [0.4, 0.5) is 0 Å². The van der Waals surface area contributed by atoms with Crippen molar-refractivity contribution in [2.24, 2.45) is 35.0 Å². The minimum Gasteiger partial charge on any atom is -0.465 e. The van der Waals surface area contributed by atoms with Gasteiger partial charge in [-0.3, -0.25) is 9.59 Å². The van der Waals surface area contributed by atoms with Crippen LogP contribution in [0.3, 0.4) is 0 Å². The highest BCUT2D eigenvalue weighted by atomic mass is 16.6. The largest absolute Gasteiger partial charge is 0.465 e. The molecule has 3 rings (SSSR count). The lowest BCUT2D eigenvalue weighted by molar-refractivity contribution is -0.167. The first-order valence-corrected chi connectivity index (χ1v) is 7.74. The van der Waals surface area contributed by atoms with Crippen LogP contribution in [0, 0.1) is 35.0 Å². The average Bonchev–Trinajstić information content (AvgIpc) is 3.04. The zero-order valence-electron chi connectivity index (χ0n) is 12.7. The van der Waals surface area contributed by atoms with E-state index in [1.165, 1.54) is 0 Å². The molecule has 3 aliphatic rings. The van der Waals surface area contributed by atoms with Gasteiger partial charge in [0, 0.05) is 11.8 Å². The van der Waals surface area contributed by atoms with Gasteiger partial charge in [-0.2, -0.15) is 0 Å². The zero-order valence-corrected chi connectivity index (χ0v) is 12.7. The minimum atomic E-state index is -0.428. The average molecular weight is 280 g/mol. The van der Waals surface area contributed by atoms with Gasteiger partial charge in [-0.15, -0.1) is 0 Å². The molecule has 0 aromatic rings. The summed E-state index contributed by atoms with van der Waals surface area (Å²) in [4.78, 5) is 24.1. The Morgan fingerprint density at radius 1 is 1.35 bits per heavy atom. The molecular weight excluding hydrogens is 256 g/mol. The van der Waals surface area contributed by atoms with E-state index in [-0.39, 0.29) is 35.8 Å². The third kappa shape index (κ3) is 1.80. The molecule has 4 heteroatoms. The summed E-state index contributed by atoms with van der Waals surface area (Å²) in [6.45, 7) is 8.49. The van der Waals surface area contributed by atoms with Crippen molar-refractivity contribution < 1.29 is 19.1 Å². The number of cyclic esters (lactones) is 1. The molecule has 3 fully saturated rings. The molecule has 6 unspecified atom stereocenters. The third-order valence-electron chi connectivity index (χ3n) is 6.00. The number of ether oxygens (including phenoxy) is 2. The second-order valence-electron chi connectivity index (χ2n) is 7.35. The normalized spacial score (nSPS) is 42.5. The van der Waals surface area contributed by atoms with E-state index < -0.39 is 5.41 Å². The quantitative estimate of drug-likeness (QED) is 0.745. The van der Waals surface area contributed by atoms with Gasteiger partial charge in [0.05, 0.1) is 17.9 Å². The van der Waals surface area contributed by atoms with Gasteiger partial charge < -0.3 is 9.47 Å². The first-order chi connectivity index (χ1) is 9.36. The second kappa shape index (κ2) is 4.47. The Hall–Kier alpha value is -1.06. The molecule has 0 radical (unpaired) electrons. The van der Waals surface area contributed by atoms with E-state index in [4.69, 9.17) is 9.47 Å². The number of fused-ring (bicyclic) bond motifs is 5. The number of hydrogen-bond donors (Lipinski definition) is 0. The lowest BCUT2D eigenvalue weighted by Gasteiger charge is -2.35. The SMILES string of the molecule is CCC(C)(C)C(=O)OC1C(C)C2CC1C1COC(=O)C21. The number of rotatable bonds is 3. The molecule has 2 bridgehead atoms. The Balaban J connectivity index is 1.74. The predicted octanol–water partition coefficient (Wildman–Crippen LogP) is 2.41. The van der Waals surface area contributed by atoms with Crippen molar-refractivity contribution in [1.82, 2.24) is 0 Å². The standard InChI is InChI=1S/C16H24O4/c1-5-16(3,4)15(18)20-13-8(2)9-6-10(13)11-7-19-14(17)12(9)11/h8-13H,5-7H2,1-4H3. The molecule has 0 spiro atoms. The molecule has 0 N–H and O–H groups in total. The Morgan fingerprint density at radius 3 is 2.70 bits per heavy atom. The van der Waals surface area contributed by atoms with Crippen molar-refractivity contribution in [3.63, 3.8) is 0 Å². The lowest BCUT2D eigenvalue weighted by atomic mass is 9.74. The Morgan fingerprint density at radius 2 is 2.05 bits per heavy atom. The van der Waals surface area contributed by atoms with E-state index in [0.29, 0.717) is 18.4 Å². The van der Waals surface area contributed by atoms with Crippen molar-refractivity contribution >= 4 is 11.9 Å². The van der Waals surface area contributed by atoms with Crippen LogP contribution in [-0.2, 0) is 19.1 Å². The third-order valence-corrected chi connectivity index (χ3v) is 6.00. The predicted molar refractivity (Wildman–Crippen MR) is 72.7 cm³/mol. The molecule has 1 aliphatic heterocycles. The first-order valence-electron chi connectivity index (χ1n) is 7.74. The summed E-state index contributed by atoms with van der Waals surface area (Å²) in [6.07, 6.45) is 1.75. The maximum absolute atomic E-state index is 12.3. The second-order valence-corrected chi connectivity index (χ2v) is 7.35. The van der Waals surface area contributed by atoms with Crippen LogP contribution in [0.1, 0.15) is 40.5 Å². The van der Waals surface area contributed by atoms with Crippen LogP contribution >= 0.6 is 0 Å². The number of carbonyl (C=O) groups excluding carboxylic acids is 2. The van der Waals surface area contributed by atoms with Crippen molar-refractivity contribution in [3.05, 3.63) is 0 Å². The van der Waals surface area contributed by atoms with Gasteiger partial charge in [-0.25, -0.2) is 0 Å². The van der Waals surface area contributed by atoms with Crippen molar-refractivity contribution in [1.29, 1.82) is 0 Å². The van der Waals surface area contributed by atoms with E-state index in [0.717, 1.165) is 12.8 Å². The summed E-state index contributed by atoms with van der Waals surface area (Å²) in [5.74, 6) is 1.10. The summed E-state index contributed by atoms with van der Waals surface area (Å²) in [7, 11) is 0. The molecular formula is C16H24O4. The highest BCUT2D eigenvalue weighted by Crippen LogP contribution is 2.58. The summed E-state index contributed by atoms with van der Waals surface area (Å²) in [5, 5.41) is 0. The molecule has 1 heterocycles. The van der Waals surface area contributed by atoms with Crippen LogP contribution in [0.25, 0.3) is 0 Å². The molecule has 0 amide bonds. The Bertz CT molecular complexity index is 442. The Kier molecular flexibility index (Phi) is 3.11. The first kappa shape index (κ1) is 13.9. The van der Waals surface area contributed by atoms with Crippen molar-refractivity contribution in [3.8, 4) is 0 Å². The summed E-state index contributed by atoms with van der Waals surface area (Å²) in [5.41, 5.74) is -0.428. The van der Waals surface area contributed by atoms with Gasteiger partial charge in [0.25, 0.3) is 0 Å². The molecule has 0 aromatic carbocycles.